The summed E-state index contributed by atoms with van der Waals surface area (Å²) in [6, 6.07) is 0. The largest absolute Gasteiger partial charge is 0.380 e. The van der Waals surface area contributed by atoms with Crippen molar-refractivity contribution in [3.8, 4) is 0 Å². The Kier molecular flexibility index (Phi) is 12.8. The molecule has 0 saturated heterocycles. The monoisotopic (exact) mass is 404 g/mol. The molecule has 0 fully saturated rings. The summed E-state index contributed by atoms with van der Waals surface area (Å²) in [7, 11) is 0. The summed E-state index contributed by atoms with van der Waals surface area (Å²) in [5.41, 5.74) is -1.15. The second kappa shape index (κ2) is 12.8. The van der Waals surface area contributed by atoms with Gasteiger partial charge in [-0.1, -0.05) is 46.5 Å². The van der Waals surface area contributed by atoms with Gasteiger partial charge >= 0.3 is 5.97 Å². The van der Waals surface area contributed by atoms with Crippen molar-refractivity contribution >= 4 is 29.0 Å². The quantitative estimate of drug-likeness (QED) is 0.198. The Bertz CT molecular complexity index is 251. The maximum absolute atomic E-state index is 12.0. The lowest BCUT2D eigenvalue weighted by Gasteiger charge is -2.26. The zero-order valence-corrected chi connectivity index (χ0v) is 14.6. The van der Waals surface area contributed by atoms with Crippen LogP contribution in [0.4, 0.5) is 0 Å². The zero-order valence-electron chi connectivity index (χ0n) is 12.5. The van der Waals surface area contributed by atoms with Crippen molar-refractivity contribution in [3.05, 3.63) is 0 Å². The molecule has 0 heterocycles. The van der Waals surface area contributed by atoms with Gasteiger partial charge in [-0.15, -0.1) is 0 Å². The van der Waals surface area contributed by atoms with E-state index in [1.165, 1.54) is 0 Å². The predicted octanol–water partition coefficient (Wildman–Crippen LogP) is 4.22. The Labute approximate surface area is 134 Å². The van der Waals surface area contributed by atoms with Crippen LogP contribution in [0.25, 0.3) is 0 Å². The number of carbonyl (C=O) groups excluding carboxylic acids is 1. The number of hydrogen-bond donors (Lipinski definition) is 0. The van der Waals surface area contributed by atoms with Crippen molar-refractivity contribution in [1.82, 2.24) is 0 Å². The number of rotatable bonds is 13. The molecule has 0 aliphatic heterocycles. The Morgan fingerprint density at radius 3 is 2.35 bits per heavy atom. The van der Waals surface area contributed by atoms with Crippen LogP contribution in [-0.4, -0.2) is 18.2 Å². The highest BCUT2D eigenvalue weighted by molar-refractivity contribution is 14.1. The Morgan fingerprint density at radius 1 is 1.10 bits per heavy atom. The smallest absolute Gasteiger partial charge is 0.265 e. The minimum Gasteiger partial charge on any atom is -0.265 e. The van der Waals surface area contributed by atoms with Gasteiger partial charge in [-0.2, -0.15) is 8.10 Å². The fourth-order valence-corrected chi connectivity index (χ4v) is 2.00. The van der Waals surface area contributed by atoms with Crippen LogP contribution < -0.4 is 0 Å². The van der Waals surface area contributed by atoms with Crippen LogP contribution in [0.1, 0.15) is 65.7 Å². The van der Waals surface area contributed by atoms with Gasteiger partial charge in [0.2, 0.25) is 5.60 Å². The Balaban J connectivity index is 4.18. The van der Waals surface area contributed by atoms with Crippen molar-refractivity contribution in [2.45, 2.75) is 71.3 Å². The molecule has 0 aromatic carbocycles. The maximum atomic E-state index is 12.0. The maximum Gasteiger partial charge on any atom is 0.380 e. The lowest BCUT2D eigenvalue weighted by molar-refractivity contribution is -0.491. The molecule has 20 heavy (non-hydrogen) atoms. The second-order valence-electron chi connectivity index (χ2n) is 4.57. The molecule has 0 aromatic heterocycles. The summed E-state index contributed by atoms with van der Waals surface area (Å²) in [6.45, 7) is 6.34. The summed E-state index contributed by atoms with van der Waals surface area (Å²) in [5.74, 6) is -0.638. The highest BCUT2D eigenvalue weighted by Crippen LogP contribution is 2.26. The molecule has 0 aliphatic rings. The van der Waals surface area contributed by atoms with Crippen LogP contribution in [0.3, 0.4) is 0 Å². The van der Waals surface area contributed by atoms with Gasteiger partial charge in [0.25, 0.3) is 0 Å². The first-order chi connectivity index (χ1) is 9.66. The van der Waals surface area contributed by atoms with Crippen LogP contribution >= 0.6 is 23.0 Å². The van der Waals surface area contributed by atoms with E-state index in [1.807, 2.05) is 13.8 Å². The van der Waals surface area contributed by atoms with Gasteiger partial charge in [0.1, 0.15) is 0 Å². The summed E-state index contributed by atoms with van der Waals surface area (Å²) < 4.78 is 4.65. The van der Waals surface area contributed by atoms with E-state index in [-0.39, 0.29) is 0 Å². The van der Waals surface area contributed by atoms with Crippen molar-refractivity contribution in [1.29, 1.82) is 0 Å². The standard InChI is InChI=1S/C13H25IO6/c1-4-7-9-11-16-20-17-12(15)13(6-3,18-19-14)10-8-5-2/h4-11H2,1-3H3. The highest BCUT2D eigenvalue weighted by atomic mass is 127. The molecule has 120 valence electrons. The summed E-state index contributed by atoms with van der Waals surface area (Å²) >= 11 is 1.58. The van der Waals surface area contributed by atoms with Gasteiger partial charge in [-0.3, -0.25) is 4.89 Å². The molecular formula is C13H25IO6. The Morgan fingerprint density at radius 2 is 1.80 bits per heavy atom. The minimum atomic E-state index is -1.15. The van der Waals surface area contributed by atoms with E-state index in [0.717, 1.165) is 32.1 Å². The van der Waals surface area contributed by atoms with E-state index in [2.05, 4.69) is 20.1 Å². The third-order valence-electron chi connectivity index (χ3n) is 3.06. The summed E-state index contributed by atoms with van der Waals surface area (Å²) in [6.07, 6.45) is 5.66. The predicted molar refractivity (Wildman–Crippen MR) is 81.4 cm³/mol. The van der Waals surface area contributed by atoms with Crippen molar-refractivity contribution in [2.75, 3.05) is 6.61 Å². The average Bonchev–Trinajstić information content (AvgIpc) is 2.47. The van der Waals surface area contributed by atoms with Crippen LogP contribution in [0.15, 0.2) is 0 Å². The fraction of sp³-hybridized carbons (Fsp3) is 0.923. The molecule has 6 nitrogen and oxygen atoms in total. The van der Waals surface area contributed by atoms with E-state index in [0.29, 0.717) is 19.4 Å². The molecular weight excluding hydrogens is 379 g/mol. The third kappa shape index (κ3) is 7.72. The van der Waals surface area contributed by atoms with Crippen molar-refractivity contribution in [2.24, 2.45) is 0 Å². The Hall–Kier alpha value is 0.0400. The average molecular weight is 404 g/mol. The minimum absolute atomic E-state index is 0.388. The van der Waals surface area contributed by atoms with Gasteiger partial charge in [-0.05, 0) is 24.3 Å². The number of carbonyl (C=O) groups is 1. The van der Waals surface area contributed by atoms with Crippen LogP contribution in [-0.2, 0) is 27.7 Å². The number of hydrogen-bond acceptors (Lipinski definition) is 6. The normalized spacial score (nSPS) is 14.0. The van der Waals surface area contributed by atoms with Crippen LogP contribution in [0.5, 0.6) is 0 Å². The molecule has 0 saturated carbocycles. The van der Waals surface area contributed by atoms with E-state index >= 15 is 0 Å². The molecule has 0 amide bonds. The fourth-order valence-electron chi connectivity index (χ4n) is 1.66. The van der Waals surface area contributed by atoms with E-state index in [1.54, 1.807) is 23.0 Å². The number of unbranched alkanes of at least 4 members (excludes halogenated alkanes) is 3. The van der Waals surface area contributed by atoms with Crippen LogP contribution in [0, 0.1) is 0 Å². The van der Waals surface area contributed by atoms with Gasteiger partial charge in [0, 0.05) is 0 Å². The van der Waals surface area contributed by atoms with Gasteiger partial charge in [-0.25, -0.2) is 9.68 Å². The first-order valence-electron chi connectivity index (χ1n) is 7.13. The van der Waals surface area contributed by atoms with Crippen molar-refractivity contribution in [3.63, 3.8) is 0 Å². The molecule has 0 radical (unpaired) electrons. The number of halogens is 1. The molecule has 1 atom stereocenters. The van der Waals surface area contributed by atoms with E-state index in [9.17, 15) is 4.79 Å². The summed E-state index contributed by atoms with van der Waals surface area (Å²) in [4.78, 5) is 26.6. The third-order valence-corrected chi connectivity index (χ3v) is 3.24. The van der Waals surface area contributed by atoms with Gasteiger partial charge < -0.3 is 0 Å². The second-order valence-corrected chi connectivity index (χ2v) is 4.93. The molecule has 0 rings (SSSR count). The topological polar surface area (TPSA) is 63.2 Å². The SMILES string of the molecule is CCCCCOOOC(=O)C(CC)(CCCC)OOI. The van der Waals surface area contributed by atoms with Gasteiger partial charge in [0.05, 0.1) is 6.61 Å². The molecule has 7 heteroatoms. The van der Waals surface area contributed by atoms with Crippen molar-refractivity contribution < 1.29 is 27.7 Å². The molecule has 0 spiro atoms. The highest BCUT2D eigenvalue weighted by Gasteiger charge is 2.42. The van der Waals surface area contributed by atoms with E-state index in [4.69, 9.17) is 9.78 Å². The summed E-state index contributed by atoms with van der Waals surface area (Å²) in [5, 5.41) is 4.49. The molecule has 0 N–H and O–H groups in total. The molecule has 0 bridgehead atoms. The molecule has 1 unspecified atom stereocenters. The first kappa shape index (κ1) is 20.0. The van der Waals surface area contributed by atoms with E-state index < -0.39 is 11.6 Å². The molecule has 0 aliphatic carbocycles. The lowest BCUT2D eigenvalue weighted by atomic mass is 9.94. The first-order valence-corrected chi connectivity index (χ1v) is 8.01. The zero-order chi connectivity index (χ0) is 15.3. The van der Waals surface area contributed by atoms with Gasteiger partial charge in [0.15, 0.2) is 23.0 Å². The molecule has 0 aromatic rings. The lowest BCUT2D eigenvalue weighted by Crippen LogP contribution is -2.42. The van der Waals surface area contributed by atoms with Crippen LogP contribution in [0.2, 0.25) is 0 Å².